The average Bonchev–Trinajstić information content (AvgIpc) is 2.73. The Bertz CT molecular complexity index is 682. The van der Waals surface area contributed by atoms with Crippen molar-refractivity contribution in [3.8, 4) is 6.07 Å². The lowest BCUT2D eigenvalue weighted by molar-refractivity contribution is 0.101. The predicted octanol–water partition coefficient (Wildman–Crippen LogP) is 3.58. The maximum atomic E-state index is 11.6. The van der Waals surface area contributed by atoms with Crippen LogP contribution in [-0.4, -0.2) is 10.2 Å². The molecule has 0 spiro atoms. The number of nitriles is 1. The van der Waals surface area contributed by atoms with Gasteiger partial charge in [0.2, 0.25) is 0 Å². The molecule has 5 heteroatoms. The van der Waals surface area contributed by atoms with Gasteiger partial charge in [0.05, 0.1) is 22.9 Å². The SMILES string of the molecule is CC(=O)c1c(C)nsc1Nc1cc(C#N)ccc1C. The fourth-order valence-corrected chi connectivity index (χ4v) is 2.68. The minimum absolute atomic E-state index is 0.0113. The highest BCUT2D eigenvalue weighted by Gasteiger charge is 2.15. The van der Waals surface area contributed by atoms with Gasteiger partial charge < -0.3 is 5.32 Å². The van der Waals surface area contributed by atoms with E-state index >= 15 is 0 Å². The molecule has 1 N–H and O–H groups in total. The number of nitrogens with zero attached hydrogens (tertiary/aromatic N) is 2. The molecule has 0 radical (unpaired) electrons. The van der Waals surface area contributed by atoms with Gasteiger partial charge in [-0.2, -0.15) is 9.64 Å². The number of hydrogen-bond donors (Lipinski definition) is 1. The number of aryl methyl sites for hydroxylation is 2. The zero-order chi connectivity index (χ0) is 14.0. The van der Waals surface area contributed by atoms with E-state index in [1.807, 2.05) is 19.9 Å². The summed E-state index contributed by atoms with van der Waals surface area (Å²) in [7, 11) is 0. The van der Waals surface area contributed by atoms with Crippen LogP contribution in [0.5, 0.6) is 0 Å². The summed E-state index contributed by atoms with van der Waals surface area (Å²) in [6.07, 6.45) is 0. The van der Waals surface area contributed by atoms with Crippen LogP contribution in [0.3, 0.4) is 0 Å². The van der Waals surface area contributed by atoms with Gasteiger partial charge in [-0.1, -0.05) is 6.07 Å². The number of rotatable bonds is 3. The molecule has 0 unspecified atom stereocenters. The molecule has 19 heavy (non-hydrogen) atoms. The van der Waals surface area contributed by atoms with Gasteiger partial charge >= 0.3 is 0 Å². The Morgan fingerprint density at radius 2 is 2.16 bits per heavy atom. The van der Waals surface area contributed by atoms with Gasteiger partial charge in [-0.15, -0.1) is 0 Å². The van der Waals surface area contributed by atoms with Crippen LogP contribution in [0.2, 0.25) is 0 Å². The van der Waals surface area contributed by atoms with Crippen LogP contribution in [0, 0.1) is 25.2 Å². The number of aromatic nitrogens is 1. The predicted molar refractivity (Wildman–Crippen MR) is 76.0 cm³/mol. The molecule has 1 heterocycles. The van der Waals surface area contributed by atoms with Crippen molar-refractivity contribution in [3.63, 3.8) is 0 Å². The smallest absolute Gasteiger partial charge is 0.164 e. The second-order valence-electron chi connectivity index (χ2n) is 4.29. The molecule has 0 aliphatic heterocycles. The molecular weight excluding hydrogens is 258 g/mol. The van der Waals surface area contributed by atoms with Crippen molar-refractivity contribution < 1.29 is 4.79 Å². The first kappa shape index (κ1) is 13.2. The fraction of sp³-hybridized carbons (Fsp3) is 0.214. The van der Waals surface area contributed by atoms with Crippen LogP contribution in [0.1, 0.15) is 34.1 Å². The van der Waals surface area contributed by atoms with Gasteiger partial charge in [0.1, 0.15) is 5.00 Å². The Hall–Kier alpha value is -2.19. The molecule has 0 saturated carbocycles. The fourth-order valence-electron chi connectivity index (χ4n) is 1.82. The number of hydrogen-bond acceptors (Lipinski definition) is 5. The van der Waals surface area contributed by atoms with Gasteiger partial charge in [-0.3, -0.25) is 4.79 Å². The quantitative estimate of drug-likeness (QED) is 0.866. The highest BCUT2D eigenvalue weighted by Crippen LogP contribution is 2.30. The van der Waals surface area contributed by atoms with E-state index < -0.39 is 0 Å². The first-order valence-corrected chi connectivity index (χ1v) is 6.55. The lowest BCUT2D eigenvalue weighted by Gasteiger charge is -2.09. The van der Waals surface area contributed by atoms with Crippen molar-refractivity contribution in [2.24, 2.45) is 0 Å². The summed E-state index contributed by atoms with van der Waals surface area (Å²) in [6, 6.07) is 7.52. The highest BCUT2D eigenvalue weighted by molar-refractivity contribution is 7.10. The van der Waals surface area contributed by atoms with E-state index in [1.54, 1.807) is 12.1 Å². The number of ketones is 1. The van der Waals surface area contributed by atoms with Gasteiger partial charge in [-0.05, 0) is 50.0 Å². The monoisotopic (exact) mass is 271 g/mol. The highest BCUT2D eigenvalue weighted by atomic mass is 32.1. The molecule has 0 fully saturated rings. The molecule has 0 amide bonds. The first-order chi connectivity index (χ1) is 9.02. The molecule has 4 nitrogen and oxygen atoms in total. The van der Waals surface area contributed by atoms with E-state index in [-0.39, 0.29) is 5.78 Å². The first-order valence-electron chi connectivity index (χ1n) is 5.78. The number of anilines is 2. The van der Waals surface area contributed by atoms with Crippen LogP contribution in [0.4, 0.5) is 10.7 Å². The molecule has 2 aromatic rings. The molecule has 0 saturated heterocycles. The normalized spacial score (nSPS) is 10.0. The summed E-state index contributed by atoms with van der Waals surface area (Å²) in [5.74, 6) is -0.0113. The summed E-state index contributed by atoms with van der Waals surface area (Å²) in [5, 5.41) is 12.9. The summed E-state index contributed by atoms with van der Waals surface area (Å²) < 4.78 is 4.20. The van der Waals surface area contributed by atoms with Crippen LogP contribution >= 0.6 is 11.5 Å². The Kier molecular flexibility index (Phi) is 3.63. The van der Waals surface area contributed by atoms with Crippen LogP contribution in [0.15, 0.2) is 18.2 Å². The standard InChI is InChI=1S/C14H13N3OS/c1-8-4-5-11(7-15)6-12(8)16-14-13(10(3)18)9(2)17-19-14/h4-6,16H,1-3H3. The molecule has 0 atom stereocenters. The van der Waals surface area contributed by atoms with E-state index in [9.17, 15) is 4.79 Å². The maximum Gasteiger partial charge on any atom is 0.164 e. The lowest BCUT2D eigenvalue weighted by Crippen LogP contribution is -2.00. The number of benzene rings is 1. The maximum absolute atomic E-state index is 11.6. The third-order valence-corrected chi connectivity index (χ3v) is 3.68. The zero-order valence-electron chi connectivity index (χ0n) is 10.9. The minimum Gasteiger partial charge on any atom is -0.345 e. The van der Waals surface area contributed by atoms with Crippen molar-refractivity contribution in [1.82, 2.24) is 4.37 Å². The Balaban J connectivity index is 2.42. The van der Waals surface area contributed by atoms with Crippen LogP contribution < -0.4 is 5.32 Å². The largest absolute Gasteiger partial charge is 0.345 e. The van der Waals surface area contributed by atoms with E-state index in [2.05, 4.69) is 15.8 Å². The van der Waals surface area contributed by atoms with Crippen molar-refractivity contribution in [3.05, 3.63) is 40.6 Å². The lowest BCUT2D eigenvalue weighted by atomic mass is 10.1. The van der Waals surface area contributed by atoms with Crippen molar-refractivity contribution in [2.75, 3.05) is 5.32 Å². The number of Topliss-reactive ketones (excluding diaryl/α,β-unsaturated/α-hetero) is 1. The van der Waals surface area contributed by atoms with E-state index in [0.717, 1.165) is 21.9 Å². The zero-order valence-corrected chi connectivity index (χ0v) is 11.8. The van der Waals surface area contributed by atoms with Crippen LogP contribution in [0.25, 0.3) is 0 Å². The topological polar surface area (TPSA) is 65.8 Å². The number of nitrogens with one attached hydrogen (secondary N) is 1. The van der Waals surface area contributed by atoms with E-state index in [4.69, 9.17) is 5.26 Å². The molecule has 2 rings (SSSR count). The van der Waals surface area contributed by atoms with Gasteiger partial charge in [0.25, 0.3) is 0 Å². The summed E-state index contributed by atoms with van der Waals surface area (Å²) >= 11 is 1.26. The van der Waals surface area contributed by atoms with Crippen molar-refractivity contribution >= 4 is 28.0 Å². The van der Waals surface area contributed by atoms with Crippen LogP contribution in [-0.2, 0) is 0 Å². The van der Waals surface area contributed by atoms with Crippen molar-refractivity contribution in [2.45, 2.75) is 20.8 Å². The van der Waals surface area contributed by atoms with Gasteiger partial charge in [0.15, 0.2) is 5.78 Å². The Morgan fingerprint density at radius 3 is 2.79 bits per heavy atom. The number of carbonyl (C=O) groups excluding carboxylic acids is 1. The van der Waals surface area contributed by atoms with Gasteiger partial charge in [0, 0.05) is 5.69 Å². The number of carbonyl (C=O) groups is 1. The second-order valence-corrected chi connectivity index (χ2v) is 5.07. The summed E-state index contributed by atoms with van der Waals surface area (Å²) in [5.41, 5.74) is 3.77. The van der Waals surface area contributed by atoms with E-state index in [0.29, 0.717) is 11.1 Å². The molecule has 0 aliphatic carbocycles. The van der Waals surface area contributed by atoms with E-state index in [1.165, 1.54) is 18.5 Å². The Labute approximate surface area is 115 Å². The second kappa shape index (κ2) is 5.21. The molecule has 96 valence electrons. The molecule has 0 aliphatic rings. The molecule has 1 aromatic heterocycles. The Morgan fingerprint density at radius 1 is 1.42 bits per heavy atom. The molecule has 1 aromatic carbocycles. The average molecular weight is 271 g/mol. The molecular formula is C14H13N3OS. The third kappa shape index (κ3) is 2.64. The van der Waals surface area contributed by atoms with Gasteiger partial charge in [-0.25, -0.2) is 0 Å². The summed E-state index contributed by atoms with van der Waals surface area (Å²) in [4.78, 5) is 11.6. The van der Waals surface area contributed by atoms with Crippen molar-refractivity contribution in [1.29, 1.82) is 5.26 Å². The third-order valence-electron chi connectivity index (χ3n) is 2.83. The minimum atomic E-state index is -0.0113. The summed E-state index contributed by atoms with van der Waals surface area (Å²) in [6.45, 7) is 5.29. The molecule has 0 bridgehead atoms.